The first-order chi connectivity index (χ1) is 24.6. The number of H-pyrrole nitrogens is 1. The average Bonchev–Trinajstić information content (AvgIpc) is 3.70. The summed E-state index contributed by atoms with van der Waals surface area (Å²) in [4.78, 5) is 19.8. The molecule has 3 aromatic carbocycles. The van der Waals surface area contributed by atoms with Crippen LogP contribution in [0.5, 0.6) is 11.5 Å². The number of fused-ring (bicyclic) bond motifs is 8. The largest absolute Gasteiger partial charge is 0.481 e. The molecule has 5 aromatic rings. The third-order valence-electron chi connectivity index (χ3n) is 10.1. The van der Waals surface area contributed by atoms with Crippen LogP contribution in [-0.4, -0.2) is 64.5 Å². The Morgan fingerprint density at radius 2 is 1.88 bits per heavy atom. The maximum absolute atomic E-state index is 15.7. The smallest absolute Gasteiger partial charge is 0.309 e. The van der Waals surface area contributed by atoms with Gasteiger partial charge >= 0.3 is 5.97 Å². The fraction of sp³-hybridized carbons (Fsp3) is 0.410. The summed E-state index contributed by atoms with van der Waals surface area (Å²) in [7, 11) is -0.470. The van der Waals surface area contributed by atoms with E-state index in [9.17, 15) is 18.3 Å². The van der Waals surface area contributed by atoms with Crippen molar-refractivity contribution in [3.05, 3.63) is 94.9 Å². The minimum Gasteiger partial charge on any atom is -0.481 e. The molecule has 10 nitrogen and oxygen atoms in total. The number of carbonyl (C=O) groups is 1. The second-order valence-electron chi connectivity index (χ2n) is 14.8. The zero-order valence-corrected chi connectivity index (χ0v) is 30.8. The molecule has 1 aliphatic heterocycles. The van der Waals surface area contributed by atoms with Crippen molar-refractivity contribution in [3.63, 3.8) is 0 Å². The van der Waals surface area contributed by atoms with E-state index in [1.807, 2.05) is 45.0 Å². The number of halogens is 2. The Kier molecular flexibility index (Phi) is 10.3. The summed E-state index contributed by atoms with van der Waals surface area (Å²) in [6.45, 7) is 5.91. The number of nitrogens with one attached hydrogen (secondary N) is 1. The molecule has 0 saturated heterocycles. The molecule has 0 saturated carbocycles. The van der Waals surface area contributed by atoms with Crippen LogP contribution in [0.2, 0.25) is 0 Å². The van der Waals surface area contributed by atoms with Crippen LogP contribution in [0.3, 0.4) is 0 Å². The number of aryl methyl sites for hydroxylation is 2. The van der Waals surface area contributed by atoms with Gasteiger partial charge in [-0.15, -0.1) is 0 Å². The summed E-state index contributed by atoms with van der Waals surface area (Å²) in [5.41, 5.74) is 1.21. The van der Waals surface area contributed by atoms with Crippen LogP contribution in [-0.2, 0) is 44.7 Å². The van der Waals surface area contributed by atoms with Crippen molar-refractivity contribution in [1.29, 1.82) is 0 Å². The van der Waals surface area contributed by atoms with Crippen LogP contribution in [0.4, 0.5) is 8.78 Å². The summed E-state index contributed by atoms with van der Waals surface area (Å²) in [6.07, 6.45) is 3.61. The van der Waals surface area contributed by atoms with E-state index in [1.54, 1.807) is 19.3 Å². The van der Waals surface area contributed by atoms with Gasteiger partial charge in [0.25, 0.3) is 0 Å². The Morgan fingerprint density at radius 3 is 2.63 bits per heavy atom. The van der Waals surface area contributed by atoms with Crippen LogP contribution in [0.15, 0.2) is 60.8 Å². The summed E-state index contributed by atoms with van der Waals surface area (Å²) in [5.74, 6) is -2.58. The van der Waals surface area contributed by atoms with Crippen molar-refractivity contribution in [2.45, 2.75) is 58.3 Å². The minimum atomic E-state index is -3.61. The number of rotatable bonds is 6. The van der Waals surface area contributed by atoms with Gasteiger partial charge in [0.2, 0.25) is 0 Å². The van der Waals surface area contributed by atoms with E-state index < -0.39 is 44.2 Å². The van der Waals surface area contributed by atoms with Crippen molar-refractivity contribution in [2.75, 3.05) is 25.2 Å². The van der Waals surface area contributed by atoms with Crippen molar-refractivity contribution in [2.24, 2.45) is 18.4 Å². The van der Waals surface area contributed by atoms with Crippen LogP contribution in [0.1, 0.15) is 62.5 Å². The van der Waals surface area contributed by atoms with Crippen LogP contribution < -0.4 is 4.74 Å². The normalized spacial score (nSPS) is 19.6. The zero-order valence-electron chi connectivity index (χ0n) is 30.0. The Hall–Kier alpha value is -4.62. The number of carboxylic acids is 1. The lowest BCUT2D eigenvalue weighted by molar-refractivity contribution is -0.143. The Morgan fingerprint density at radius 1 is 1.10 bits per heavy atom. The summed E-state index contributed by atoms with van der Waals surface area (Å²) >= 11 is 0. The van der Waals surface area contributed by atoms with Gasteiger partial charge in [0.1, 0.15) is 11.6 Å². The Labute approximate surface area is 302 Å². The number of benzene rings is 3. The van der Waals surface area contributed by atoms with Crippen molar-refractivity contribution in [3.8, 4) is 22.9 Å². The van der Waals surface area contributed by atoms with E-state index >= 15 is 8.78 Å². The molecule has 4 bridgehead atoms. The highest BCUT2D eigenvalue weighted by molar-refractivity contribution is 7.91. The van der Waals surface area contributed by atoms with E-state index in [2.05, 4.69) is 4.98 Å². The van der Waals surface area contributed by atoms with Crippen LogP contribution in [0, 0.1) is 23.0 Å². The number of nitrogens with zero attached hydrogens (tertiary/aromatic N) is 3. The number of ether oxygens (including phenoxy) is 2. The number of aromatic nitrogens is 4. The predicted octanol–water partition coefficient (Wildman–Crippen LogP) is 7.40. The SMILES string of the molecule is COCC(Cc1cccc(C2(C)CCCC(C)(C)CS(=O)(=O)CCc3c(c(F)cc4[nH]ccc34)Oc3ccc(F)c(c3)-c3nc2nn3C)c1)C(=O)O. The molecule has 0 spiro atoms. The first kappa shape index (κ1) is 37.1. The van der Waals surface area contributed by atoms with Gasteiger partial charge < -0.3 is 19.6 Å². The van der Waals surface area contributed by atoms with Crippen molar-refractivity contribution >= 4 is 26.7 Å². The van der Waals surface area contributed by atoms with Crippen LogP contribution >= 0.6 is 0 Å². The quantitative estimate of drug-likeness (QED) is 0.184. The minimum absolute atomic E-state index is 0.0160. The number of hydrogen-bond donors (Lipinski definition) is 2. The molecule has 276 valence electrons. The third kappa shape index (κ3) is 7.75. The van der Waals surface area contributed by atoms with Crippen LogP contribution in [0.25, 0.3) is 22.3 Å². The van der Waals surface area contributed by atoms with E-state index in [1.165, 1.54) is 36.1 Å². The number of aliphatic carboxylic acids is 1. The van der Waals surface area contributed by atoms with Crippen molar-refractivity contribution in [1.82, 2.24) is 19.7 Å². The molecule has 52 heavy (non-hydrogen) atoms. The molecule has 2 N–H and O–H groups in total. The fourth-order valence-corrected chi connectivity index (χ4v) is 9.33. The molecule has 3 heterocycles. The molecule has 1 aliphatic rings. The van der Waals surface area contributed by atoms with E-state index in [-0.39, 0.29) is 53.8 Å². The highest BCUT2D eigenvalue weighted by atomic mass is 32.2. The maximum atomic E-state index is 15.7. The third-order valence-corrected chi connectivity index (χ3v) is 12.1. The van der Waals surface area contributed by atoms with Gasteiger partial charge in [0.15, 0.2) is 33.1 Å². The number of carboxylic acid groups (broad SMARTS) is 1. The van der Waals surface area contributed by atoms with E-state index in [0.29, 0.717) is 41.6 Å². The molecule has 2 atom stereocenters. The molecule has 0 aliphatic carbocycles. The van der Waals surface area contributed by atoms with Gasteiger partial charge in [-0.25, -0.2) is 26.9 Å². The van der Waals surface area contributed by atoms with Gasteiger partial charge in [-0.05, 0) is 73.4 Å². The second kappa shape index (κ2) is 14.4. The molecule has 13 heteroatoms. The summed E-state index contributed by atoms with van der Waals surface area (Å²) < 4.78 is 71.5. The van der Waals surface area contributed by atoms with E-state index in [4.69, 9.17) is 19.6 Å². The topological polar surface area (TPSA) is 136 Å². The lowest BCUT2D eigenvalue weighted by atomic mass is 9.75. The standard InChI is InChI=1S/C39H44F2N4O6S/c1-38(2)14-7-15-39(3,26-9-6-8-24(19-26)18-25(22-50-5)36(46)47)37-43-35(45(4)44-37)30-20-27(10-11-31(30)40)51-34-29(13-17-52(48,49)23-38)28-12-16-42-33(28)21-32(34)41/h6,8-12,16,19-21,25,42H,7,13-15,17-18,22-23H2,1-5H3,(H,46,47). The molecule has 2 aromatic heterocycles. The highest BCUT2D eigenvalue weighted by Gasteiger charge is 2.36. The monoisotopic (exact) mass is 734 g/mol. The number of sulfone groups is 1. The lowest BCUT2D eigenvalue weighted by Gasteiger charge is -2.31. The summed E-state index contributed by atoms with van der Waals surface area (Å²) in [5, 5.41) is 15.2. The van der Waals surface area contributed by atoms with E-state index in [0.717, 1.165) is 11.1 Å². The first-order valence-corrected chi connectivity index (χ1v) is 19.1. The lowest BCUT2D eigenvalue weighted by Crippen LogP contribution is -2.29. The first-order valence-electron chi connectivity index (χ1n) is 17.3. The number of hydrogen-bond acceptors (Lipinski definition) is 7. The highest BCUT2D eigenvalue weighted by Crippen LogP contribution is 2.41. The molecule has 0 amide bonds. The van der Waals surface area contributed by atoms with Gasteiger partial charge in [0, 0.05) is 42.9 Å². The van der Waals surface area contributed by atoms with Gasteiger partial charge in [-0.1, -0.05) is 44.5 Å². The Balaban J connectivity index is 1.48. The van der Waals surface area contributed by atoms with Gasteiger partial charge in [-0.2, -0.15) is 5.10 Å². The summed E-state index contributed by atoms with van der Waals surface area (Å²) in [6, 6.07) is 14.7. The molecule has 2 unspecified atom stereocenters. The van der Waals surface area contributed by atoms with Crippen molar-refractivity contribution < 1.29 is 36.6 Å². The molecule has 0 fully saturated rings. The fourth-order valence-electron chi connectivity index (χ4n) is 7.34. The number of methoxy groups -OCH3 is 1. The maximum Gasteiger partial charge on any atom is 0.309 e. The predicted molar refractivity (Wildman–Crippen MR) is 194 cm³/mol. The Bertz CT molecular complexity index is 2230. The average molecular weight is 735 g/mol. The molecular formula is C39H44F2N4O6S. The zero-order chi connectivity index (χ0) is 37.4. The molecule has 6 rings (SSSR count). The molecule has 0 radical (unpaired) electrons. The van der Waals surface area contributed by atoms with Gasteiger partial charge in [0.05, 0.1) is 35.0 Å². The second-order valence-corrected chi connectivity index (χ2v) is 17.0. The van der Waals surface area contributed by atoms with Gasteiger partial charge in [-0.3, -0.25) is 4.79 Å². The molecular weight excluding hydrogens is 691 g/mol. The number of aromatic amines is 1.